The fourth-order valence-corrected chi connectivity index (χ4v) is 4.90. The monoisotopic (exact) mass is 664 g/mol. The second-order valence-electron chi connectivity index (χ2n) is 10.3. The van der Waals surface area contributed by atoms with Gasteiger partial charge in [-0.2, -0.15) is 0 Å². The molecule has 0 aromatic rings. The van der Waals surface area contributed by atoms with Gasteiger partial charge in [0.05, 0.1) is 6.61 Å². The summed E-state index contributed by atoms with van der Waals surface area (Å²) in [5.74, 6) is -5.43. The number of carbonyl (C=O) groups is 7. The molecule has 0 aromatic carbocycles. The summed E-state index contributed by atoms with van der Waals surface area (Å²) in [6, 6.07) is 0. The van der Waals surface area contributed by atoms with Crippen LogP contribution in [0.5, 0.6) is 0 Å². The molecule has 2 heterocycles. The predicted molar refractivity (Wildman–Crippen MR) is 145 cm³/mol. The molecule has 0 spiro atoms. The lowest BCUT2D eigenvalue weighted by molar-refractivity contribution is -0.314. The van der Waals surface area contributed by atoms with Crippen molar-refractivity contribution in [3.05, 3.63) is 0 Å². The smallest absolute Gasteiger partial charge is 0.303 e. The lowest BCUT2D eigenvalue weighted by Gasteiger charge is -2.46. The van der Waals surface area contributed by atoms with Gasteiger partial charge in [-0.05, 0) is 0 Å². The highest BCUT2D eigenvalue weighted by atomic mass is 16.7. The number of hydrogen-bond acceptors (Lipinski definition) is 18. The summed E-state index contributed by atoms with van der Waals surface area (Å²) in [5, 5.41) is 0. The third-order valence-corrected chi connectivity index (χ3v) is 6.42. The zero-order valence-corrected chi connectivity index (χ0v) is 26.7. The minimum Gasteiger partial charge on any atom is -0.463 e. The van der Waals surface area contributed by atoms with Gasteiger partial charge in [-0.1, -0.05) is 0 Å². The molecule has 0 amide bonds. The van der Waals surface area contributed by atoms with Crippen LogP contribution in [-0.4, -0.2) is 130 Å². The summed E-state index contributed by atoms with van der Waals surface area (Å²) in [6.45, 7) is 6.27. The third kappa shape index (κ3) is 11.5. The van der Waals surface area contributed by atoms with Crippen molar-refractivity contribution in [3.63, 3.8) is 0 Å². The Morgan fingerprint density at radius 3 is 1.17 bits per heavy atom. The summed E-state index contributed by atoms with van der Waals surface area (Å²) in [7, 11) is 1.24. The van der Waals surface area contributed by atoms with Crippen molar-refractivity contribution >= 4 is 41.8 Å². The number of methoxy groups -OCH3 is 1. The van der Waals surface area contributed by atoms with E-state index in [0.29, 0.717) is 0 Å². The molecular weight excluding hydrogens is 624 g/mol. The number of esters is 7. The van der Waals surface area contributed by atoms with Gasteiger partial charge >= 0.3 is 41.8 Å². The summed E-state index contributed by atoms with van der Waals surface area (Å²) in [6.07, 6.45) is -13.5. The van der Waals surface area contributed by atoms with Crippen molar-refractivity contribution in [3.8, 4) is 0 Å². The molecule has 0 saturated carbocycles. The van der Waals surface area contributed by atoms with Crippen LogP contribution in [0.15, 0.2) is 0 Å². The molecule has 0 aromatic heterocycles. The molecule has 10 atom stereocenters. The van der Waals surface area contributed by atoms with Crippen LogP contribution in [0.4, 0.5) is 0 Å². The van der Waals surface area contributed by atoms with E-state index in [0.717, 1.165) is 48.5 Å². The van der Waals surface area contributed by atoms with Gasteiger partial charge in [0.15, 0.2) is 36.8 Å². The molecule has 2 fully saturated rings. The standard InChI is InChI=1S/C28H40O18/c1-12(29)37-9-19-22(25(42-16(5)33)27(44-18(7)35)28(36-8)46-19)39-11-21-24(41-15(4)32)26(43-17(6)34)23(40-14(3)31)20(45-21)10-38-13(2)30/h19-28H,9-11H2,1-8H3/t19-,20-,21-,22-,23-,24-,25+,26+,27-,28+/m1/s1. The first kappa shape index (κ1) is 38.3. The van der Waals surface area contributed by atoms with Crippen LogP contribution in [0.1, 0.15) is 48.5 Å². The van der Waals surface area contributed by atoms with Crippen LogP contribution in [0.25, 0.3) is 0 Å². The molecule has 2 saturated heterocycles. The van der Waals surface area contributed by atoms with Gasteiger partial charge in [0.2, 0.25) is 0 Å². The van der Waals surface area contributed by atoms with Gasteiger partial charge in [-0.15, -0.1) is 0 Å². The van der Waals surface area contributed by atoms with Gasteiger partial charge in [-0.3, -0.25) is 33.6 Å². The van der Waals surface area contributed by atoms with E-state index in [4.69, 9.17) is 52.1 Å². The minimum atomic E-state index is -1.47. The highest BCUT2D eigenvalue weighted by Crippen LogP contribution is 2.33. The van der Waals surface area contributed by atoms with Crippen LogP contribution in [0, 0.1) is 0 Å². The average Bonchev–Trinajstić information content (AvgIpc) is 2.92. The van der Waals surface area contributed by atoms with Crippen molar-refractivity contribution in [1.82, 2.24) is 0 Å². The Morgan fingerprint density at radius 2 is 0.783 bits per heavy atom. The summed E-state index contributed by atoms with van der Waals surface area (Å²) < 4.78 is 60.7. The Hall–Kier alpha value is -3.87. The summed E-state index contributed by atoms with van der Waals surface area (Å²) >= 11 is 0. The lowest BCUT2D eigenvalue weighted by atomic mass is 9.94. The van der Waals surface area contributed by atoms with Gasteiger partial charge < -0.3 is 52.1 Å². The molecule has 46 heavy (non-hydrogen) atoms. The van der Waals surface area contributed by atoms with Gasteiger partial charge in [-0.25, -0.2) is 0 Å². The van der Waals surface area contributed by atoms with E-state index in [1.54, 1.807) is 0 Å². The van der Waals surface area contributed by atoms with Crippen molar-refractivity contribution < 1.29 is 85.7 Å². The molecule has 18 heteroatoms. The second kappa shape index (κ2) is 17.7. The van der Waals surface area contributed by atoms with Crippen LogP contribution < -0.4 is 0 Å². The van der Waals surface area contributed by atoms with Crippen LogP contribution >= 0.6 is 0 Å². The van der Waals surface area contributed by atoms with E-state index in [2.05, 4.69) is 0 Å². The highest BCUT2D eigenvalue weighted by molar-refractivity contribution is 5.69. The van der Waals surface area contributed by atoms with Crippen LogP contribution in [0.3, 0.4) is 0 Å². The fraction of sp³-hybridized carbons (Fsp3) is 0.750. The maximum absolute atomic E-state index is 12.2. The Bertz CT molecular complexity index is 1120. The molecule has 0 unspecified atom stereocenters. The van der Waals surface area contributed by atoms with E-state index < -0.39 is 123 Å². The summed E-state index contributed by atoms with van der Waals surface area (Å²) in [5.41, 5.74) is 0. The van der Waals surface area contributed by atoms with E-state index in [9.17, 15) is 33.6 Å². The Morgan fingerprint density at radius 1 is 0.435 bits per heavy atom. The largest absolute Gasteiger partial charge is 0.463 e. The topological polar surface area (TPSA) is 221 Å². The molecule has 18 nitrogen and oxygen atoms in total. The molecule has 0 N–H and O–H groups in total. The first-order valence-electron chi connectivity index (χ1n) is 14.1. The number of hydrogen-bond donors (Lipinski definition) is 0. The summed E-state index contributed by atoms with van der Waals surface area (Å²) in [4.78, 5) is 83.8. The predicted octanol–water partition coefficient (Wildman–Crippen LogP) is -0.705. The van der Waals surface area contributed by atoms with Crippen molar-refractivity contribution in [2.45, 2.75) is 110 Å². The van der Waals surface area contributed by atoms with Gasteiger partial charge in [0.25, 0.3) is 0 Å². The zero-order chi connectivity index (χ0) is 34.7. The zero-order valence-electron chi connectivity index (χ0n) is 26.7. The van der Waals surface area contributed by atoms with E-state index in [1.807, 2.05) is 0 Å². The highest BCUT2D eigenvalue weighted by Gasteiger charge is 2.55. The Balaban J connectivity index is 2.56. The van der Waals surface area contributed by atoms with E-state index >= 15 is 0 Å². The molecule has 2 rings (SSSR count). The van der Waals surface area contributed by atoms with Gasteiger partial charge in [0.1, 0.15) is 37.6 Å². The van der Waals surface area contributed by atoms with E-state index in [-0.39, 0.29) is 0 Å². The molecular formula is C28H40O18. The Kier molecular flexibility index (Phi) is 14.8. The SMILES string of the molecule is CO[C@H]1O[C@H](COC(C)=O)[C@@H](OC[C@H]2O[C@H](COC(C)=O)[C@@H](OC(C)=O)[C@H](OC(C)=O)[C@@H]2OC(C)=O)[C@H](OC(C)=O)[C@H]1OC(C)=O. The van der Waals surface area contributed by atoms with Gasteiger partial charge in [0, 0.05) is 55.6 Å². The molecule has 260 valence electrons. The number of rotatable bonds is 13. The van der Waals surface area contributed by atoms with E-state index in [1.165, 1.54) is 7.11 Å². The molecule has 2 aliphatic rings. The van der Waals surface area contributed by atoms with Crippen LogP contribution in [-0.2, 0) is 85.7 Å². The minimum absolute atomic E-state index is 0.428. The second-order valence-corrected chi connectivity index (χ2v) is 10.3. The van der Waals surface area contributed by atoms with Crippen molar-refractivity contribution in [1.29, 1.82) is 0 Å². The Labute approximate surface area is 264 Å². The quantitative estimate of drug-likeness (QED) is 0.175. The maximum Gasteiger partial charge on any atom is 0.303 e. The average molecular weight is 665 g/mol. The maximum atomic E-state index is 12.2. The molecule has 0 radical (unpaired) electrons. The van der Waals surface area contributed by atoms with Crippen molar-refractivity contribution in [2.75, 3.05) is 26.9 Å². The van der Waals surface area contributed by atoms with Crippen LogP contribution in [0.2, 0.25) is 0 Å². The molecule has 0 aliphatic carbocycles. The first-order valence-corrected chi connectivity index (χ1v) is 14.1. The molecule has 0 bridgehead atoms. The van der Waals surface area contributed by atoms with Crippen molar-refractivity contribution in [2.24, 2.45) is 0 Å². The molecule has 2 aliphatic heterocycles. The third-order valence-electron chi connectivity index (χ3n) is 6.42. The number of ether oxygens (including phenoxy) is 11. The normalized spacial score (nSPS) is 30.6. The fourth-order valence-electron chi connectivity index (χ4n) is 4.90. The number of carbonyl (C=O) groups excluding carboxylic acids is 7. The lowest BCUT2D eigenvalue weighted by Crippen LogP contribution is -2.65. The first-order chi connectivity index (χ1) is 21.5.